The molecule has 0 amide bonds. The van der Waals surface area contributed by atoms with Crippen LogP contribution in [-0.2, 0) is 6.54 Å². The van der Waals surface area contributed by atoms with Gasteiger partial charge in [0.15, 0.2) is 5.82 Å². The van der Waals surface area contributed by atoms with Gasteiger partial charge in [0, 0.05) is 19.6 Å². The van der Waals surface area contributed by atoms with Gasteiger partial charge in [-0.2, -0.15) is 5.10 Å². The molecule has 96 valence electrons. The molecule has 0 aliphatic heterocycles. The van der Waals surface area contributed by atoms with Gasteiger partial charge in [-0.3, -0.25) is 0 Å². The third-order valence-corrected chi connectivity index (χ3v) is 3.26. The quantitative estimate of drug-likeness (QED) is 0.869. The molecule has 1 aromatic rings. The van der Waals surface area contributed by atoms with Crippen molar-refractivity contribution in [3.8, 4) is 0 Å². The largest absolute Gasteiger partial charge is 0.355 e. The van der Waals surface area contributed by atoms with E-state index in [1.54, 1.807) is 0 Å². The van der Waals surface area contributed by atoms with Crippen molar-refractivity contribution in [2.45, 2.75) is 40.3 Å². The number of aromatic nitrogens is 2. The van der Waals surface area contributed by atoms with Crippen molar-refractivity contribution in [2.24, 2.45) is 5.41 Å². The summed E-state index contributed by atoms with van der Waals surface area (Å²) in [6.45, 7) is 9.67. The molecule has 1 aromatic heterocycles. The van der Waals surface area contributed by atoms with Crippen molar-refractivity contribution >= 4 is 5.82 Å². The molecule has 0 aliphatic rings. The van der Waals surface area contributed by atoms with Crippen LogP contribution >= 0.6 is 0 Å². The molecule has 0 spiro atoms. The minimum absolute atomic E-state index is 0.222. The maximum absolute atomic E-state index is 4.27. The number of anilines is 1. The van der Waals surface area contributed by atoms with E-state index in [-0.39, 0.29) is 5.41 Å². The Bertz CT molecular complexity index is 339. The van der Waals surface area contributed by atoms with Crippen molar-refractivity contribution in [2.75, 3.05) is 19.0 Å². The monoisotopic (exact) mass is 236 g/mol. The van der Waals surface area contributed by atoms with Crippen LogP contribution in [-0.4, -0.2) is 30.3 Å². The van der Waals surface area contributed by atoms with Gasteiger partial charge in [0.25, 0.3) is 0 Å². The van der Waals surface area contributed by atoms with Crippen LogP contribution in [0, 0.1) is 5.41 Å². The van der Waals surface area contributed by atoms with Gasteiger partial charge >= 0.3 is 0 Å². The first kappa shape index (κ1) is 13.9. The first-order valence-corrected chi connectivity index (χ1v) is 6.06. The molecule has 0 aromatic carbocycles. The smallest absolute Gasteiger partial charge is 0.151 e. The number of nitrogens with one attached hydrogen (secondary N) is 1. The van der Waals surface area contributed by atoms with Crippen molar-refractivity contribution in [1.82, 2.24) is 15.5 Å². The van der Waals surface area contributed by atoms with E-state index in [0.717, 1.165) is 18.1 Å². The van der Waals surface area contributed by atoms with Crippen molar-refractivity contribution in [3.63, 3.8) is 0 Å². The number of hydrogen-bond donors (Lipinski definition) is 1. The Morgan fingerprint density at radius 2 is 1.94 bits per heavy atom. The third-order valence-electron chi connectivity index (χ3n) is 3.26. The Morgan fingerprint density at radius 1 is 1.29 bits per heavy atom. The molecule has 4 nitrogen and oxygen atoms in total. The molecule has 17 heavy (non-hydrogen) atoms. The Morgan fingerprint density at radius 3 is 2.35 bits per heavy atom. The lowest BCUT2D eigenvalue weighted by molar-refractivity contribution is 0.328. The molecule has 1 atom stereocenters. The van der Waals surface area contributed by atoms with Crippen LogP contribution in [0.4, 0.5) is 5.82 Å². The van der Waals surface area contributed by atoms with Crippen LogP contribution in [0.1, 0.15) is 33.4 Å². The van der Waals surface area contributed by atoms with E-state index in [9.17, 15) is 0 Å². The molecule has 0 saturated heterocycles. The first-order chi connectivity index (χ1) is 7.86. The Balaban J connectivity index is 2.79. The number of hydrogen-bond acceptors (Lipinski definition) is 4. The maximum atomic E-state index is 4.27. The predicted octanol–water partition coefficient (Wildman–Crippen LogP) is 2.07. The molecule has 0 bridgehead atoms. The fraction of sp³-hybridized carbons (Fsp3) is 0.692. The average Bonchev–Trinajstić information content (AvgIpc) is 2.27. The third kappa shape index (κ3) is 3.66. The van der Waals surface area contributed by atoms with Crippen LogP contribution in [0.15, 0.2) is 12.1 Å². The lowest BCUT2D eigenvalue weighted by atomic mass is 9.87. The van der Waals surface area contributed by atoms with E-state index in [1.807, 2.05) is 19.2 Å². The minimum atomic E-state index is 0.222. The summed E-state index contributed by atoms with van der Waals surface area (Å²) >= 11 is 0. The standard InChI is InChI=1S/C13H24N4/c1-10(13(2,3)4)17(6)12-8-7-11(9-14-5)15-16-12/h7-8,10,14H,9H2,1-6H3. The van der Waals surface area contributed by atoms with Crippen LogP contribution in [0.2, 0.25) is 0 Å². The van der Waals surface area contributed by atoms with Gasteiger partial charge in [0.05, 0.1) is 5.69 Å². The summed E-state index contributed by atoms with van der Waals surface area (Å²) in [5, 5.41) is 11.5. The highest BCUT2D eigenvalue weighted by molar-refractivity contribution is 5.37. The highest BCUT2D eigenvalue weighted by Crippen LogP contribution is 2.25. The molecule has 1 N–H and O–H groups in total. The molecule has 0 saturated carbocycles. The van der Waals surface area contributed by atoms with Crippen LogP contribution in [0.25, 0.3) is 0 Å². The minimum Gasteiger partial charge on any atom is -0.355 e. The van der Waals surface area contributed by atoms with Crippen LogP contribution in [0.3, 0.4) is 0 Å². The van der Waals surface area contributed by atoms with Gasteiger partial charge in [0.2, 0.25) is 0 Å². The van der Waals surface area contributed by atoms with Crippen LogP contribution in [0.5, 0.6) is 0 Å². The molecule has 1 unspecified atom stereocenters. The summed E-state index contributed by atoms with van der Waals surface area (Å²) in [6, 6.07) is 4.46. The molecule has 0 aliphatic carbocycles. The van der Waals surface area contributed by atoms with E-state index >= 15 is 0 Å². The fourth-order valence-corrected chi connectivity index (χ4v) is 1.60. The second kappa shape index (κ2) is 5.45. The normalized spacial score (nSPS) is 13.5. The van der Waals surface area contributed by atoms with E-state index in [4.69, 9.17) is 0 Å². The zero-order valence-corrected chi connectivity index (χ0v) is 11.8. The fourth-order valence-electron chi connectivity index (χ4n) is 1.60. The number of nitrogens with zero attached hydrogens (tertiary/aromatic N) is 3. The Hall–Kier alpha value is -1.16. The van der Waals surface area contributed by atoms with Gasteiger partial charge in [-0.15, -0.1) is 5.10 Å². The molecule has 1 rings (SSSR count). The van der Waals surface area contributed by atoms with Gasteiger partial charge < -0.3 is 10.2 Å². The van der Waals surface area contributed by atoms with Crippen LogP contribution < -0.4 is 10.2 Å². The summed E-state index contributed by atoms with van der Waals surface area (Å²) in [5.41, 5.74) is 1.19. The molecular weight excluding hydrogens is 212 g/mol. The highest BCUT2D eigenvalue weighted by Gasteiger charge is 2.24. The summed E-state index contributed by atoms with van der Waals surface area (Å²) in [7, 11) is 3.97. The van der Waals surface area contributed by atoms with Crippen molar-refractivity contribution in [3.05, 3.63) is 17.8 Å². The van der Waals surface area contributed by atoms with Crippen molar-refractivity contribution in [1.29, 1.82) is 0 Å². The highest BCUT2D eigenvalue weighted by atomic mass is 15.3. The molecule has 0 fully saturated rings. The lowest BCUT2D eigenvalue weighted by Gasteiger charge is -2.35. The SMILES string of the molecule is CNCc1ccc(N(C)C(C)C(C)(C)C)nn1. The zero-order chi connectivity index (χ0) is 13.1. The number of rotatable bonds is 4. The first-order valence-electron chi connectivity index (χ1n) is 6.06. The summed E-state index contributed by atoms with van der Waals surface area (Å²) in [6.07, 6.45) is 0. The van der Waals surface area contributed by atoms with Gasteiger partial charge in [-0.1, -0.05) is 20.8 Å². The average molecular weight is 236 g/mol. The summed E-state index contributed by atoms with van der Waals surface area (Å²) in [5.74, 6) is 0.923. The summed E-state index contributed by atoms with van der Waals surface area (Å²) in [4.78, 5) is 2.18. The Labute approximate surface area is 104 Å². The Kier molecular flexibility index (Phi) is 4.46. The molecule has 4 heteroatoms. The van der Waals surface area contributed by atoms with E-state index in [2.05, 4.69) is 55.2 Å². The molecular formula is C13H24N4. The van der Waals surface area contributed by atoms with Crippen molar-refractivity contribution < 1.29 is 0 Å². The van der Waals surface area contributed by atoms with Gasteiger partial charge in [0.1, 0.15) is 0 Å². The van der Waals surface area contributed by atoms with E-state index in [0.29, 0.717) is 6.04 Å². The summed E-state index contributed by atoms with van der Waals surface area (Å²) < 4.78 is 0. The second-order valence-electron chi connectivity index (χ2n) is 5.57. The lowest BCUT2D eigenvalue weighted by Crippen LogP contribution is -2.39. The predicted molar refractivity (Wildman–Crippen MR) is 72.1 cm³/mol. The van der Waals surface area contributed by atoms with E-state index in [1.165, 1.54) is 0 Å². The topological polar surface area (TPSA) is 41.0 Å². The molecule has 0 radical (unpaired) electrons. The molecule has 1 heterocycles. The van der Waals surface area contributed by atoms with E-state index < -0.39 is 0 Å². The zero-order valence-electron chi connectivity index (χ0n) is 11.8. The maximum Gasteiger partial charge on any atom is 0.151 e. The van der Waals surface area contributed by atoms with Gasteiger partial charge in [-0.05, 0) is 31.5 Å². The van der Waals surface area contributed by atoms with Gasteiger partial charge in [-0.25, -0.2) is 0 Å². The second-order valence-corrected chi connectivity index (χ2v) is 5.57.